The van der Waals surface area contributed by atoms with E-state index in [0.29, 0.717) is 16.7 Å². The Bertz CT molecular complexity index is 1200. The number of nitrogens with one attached hydrogen (secondary N) is 2. The van der Waals surface area contributed by atoms with Crippen LogP contribution in [0.25, 0.3) is 11.4 Å². The number of nitrogens with zero attached hydrogens (tertiary/aromatic N) is 3. The van der Waals surface area contributed by atoms with Crippen molar-refractivity contribution in [3.63, 3.8) is 0 Å². The Morgan fingerprint density at radius 2 is 1.94 bits per heavy atom. The van der Waals surface area contributed by atoms with Gasteiger partial charge in [0.1, 0.15) is 12.3 Å². The molecule has 1 aliphatic heterocycles. The number of aromatic amines is 1. The second kappa shape index (κ2) is 8.77. The van der Waals surface area contributed by atoms with Crippen LogP contribution in [-0.4, -0.2) is 45.9 Å². The largest absolute Gasteiger partial charge is 0.497 e. The van der Waals surface area contributed by atoms with Crippen molar-refractivity contribution in [1.29, 1.82) is 0 Å². The molecule has 2 N–H and O–H groups in total. The van der Waals surface area contributed by atoms with Crippen molar-refractivity contribution in [2.24, 2.45) is 0 Å². The molecule has 1 aliphatic rings. The summed E-state index contributed by atoms with van der Waals surface area (Å²) < 4.78 is 44.2. The molecule has 1 unspecified atom stereocenters. The standard InChI is InChI=1S/C21H18F3N5O3S/c1-11(33-20-26-18(27-28-20)12-3-6-14(32-2)7-4-12)19(31)29-10-17(30)25-15-9-13(21(22,23)24)5-8-16(15)29/h3-9,11H,10H2,1-2H3,(H,25,30)(H,26,27,28). The monoisotopic (exact) mass is 477 g/mol. The number of methoxy groups -OCH3 is 1. The van der Waals surface area contributed by atoms with Crippen molar-refractivity contribution in [2.45, 2.75) is 23.5 Å². The topological polar surface area (TPSA) is 100 Å². The van der Waals surface area contributed by atoms with Gasteiger partial charge in [-0.2, -0.15) is 13.2 Å². The van der Waals surface area contributed by atoms with E-state index in [2.05, 4.69) is 20.5 Å². The quantitative estimate of drug-likeness (QED) is 0.540. The second-order valence-electron chi connectivity index (χ2n) is 7.16. The summed E-state index contributed by atoms with van der Waals surface area (Å²) in [5.41, 5.74) is 0.00144. The number of anilines is 2. The number of hydrogen-bond donors (Lipinski definition) is 2. The first-order valence-electron chi connectivity index (χ1n) is 9.71. The maximum Gasteiger partial charge on any atom is 0.416 e. The predicted octanol–water partition coefficient (Wildman–Crippen LogP) is 3.97. The molecule has 2 amide bonds. The van der Waals surface area contributed by atoms with E-state index in [-0.39, 0.29) is 17.9 Å². The van der Waals surface area contributed by atoms with Gasteiger partial charge in [0.2, 0.25) is 17.0 Å². The molecule has 3 aromatic rings. The zero-order chi connectivity index (χ0) is 23.8. The Hall–Kier alpha value is -3.54. The first kappa shape index (κ1) is 22.6. The van der Waals surface area contributed by atoms with E-state index >= 15 is 0 Å². The fourth-order valence-electron chi connectivity index (χ4n) is 3.27. The average Bonchev–Trinajstić information content (AvgIpc) is 3.25. The van der Waals surface area contributed by atoms with Gasteiger partial charge in [0.05, 0.1) is 29.3 Å². The lowest BCUT2D eigenvalue weighted by Crippen LogP contribution is -2.45. The molecule has 1 atom stereocenters. The van der Waals surface area contributed by atoms with E-state index in [1.807, 2.05) is 0 Å². The molecule has 172 valence electrons. The lowest BCUT2D eigenvalue weighted by atomic mass is 10.1. The van der Waals surface area contributed by atoms with Crippen molar-refractivity contribution >= 4 is 35.0 Å². The molecule has 0 fully saturated rings. The Morgan fingerprint density at radius 3 is 2.61 bits per heavy atom. The highest BCUT2D eigenvalue weighted by molar-refractivity contribution is 8.00. The zero-order valence-electron chi connectivity index (χ0n) is 17.4. The van der Waals surface area contributed by atoms with Crippen LogP contribution in [0.15, 0.2) is 47.6 Å². The number of H-pyrrole nitrogens is 1. The predicted molar refractivity (Wildman–Crippen MR) is 116 cm³/mol. The molecule has 0 aliphatic carbocycles. The number of alkyl halides is 3. The molecular formula is C21H18F3N5O3S. The normalized spacial score (nSPS) is 14.5. The Kier molecular flexibility index (Phi) is 6.02. The van der Waals surface area contributed by atoms with Crippen molar-refractivity contribution in [3.05, 3.63) is 48.0 Å². The van der Waals surface area contributed by atoms with Crippen molar-refractivity contribution < 1.29 is 27.5 Å². The minimum absolute atomic E-state index is 0.0636. The molecular weight excluding hydrogens is 459 g/mol. The number of ether oxygens (including phenoxy) is 1. The SMILES string of the molecule is COc1ccc(-c2nc(SC(C)C(=O)N3CC(=O)Nc4cc(C(F)(F)F)ccc43)n[nH]2)cc1. The summed E-state index contributed by atoms with van der Waals surface area (Å²) in [4.78, 5) is 30.7. The minimum Gasteiger partial charge on any atom is -0.497 e. The summed E-state index contributed by atoms with van der Waals surface area (Å²) in [6.07, 6.45) is -4.57. The number of carbonyl (C=O) groups is 2. The molecule has 1 aromatic heterocycles. The van der Waals surface area contributed by atoms with Gasteiger partial charge in [0, 0.05) is 5.56 Å². The third kappa shape index (κ3) is 4.80. The van der Waals surface area contributed by atoms with Crippen LogP contribution in [0.1, 0.15) is 12.5 Å². The van der Waals surface area contributed by atoms with Gasteiger partial charge < -0.3 is 10.1 Å². The highest BCUT2D eigenvalue weighted by Crippen LogP contribution is 2.38. The molecule has 2 heterocycles. The third-order valence-corrected chi connectivity index (χ3v) is 5.86. The molecule has 0 saturated carbocycles. The summed E-state index contributed by atoms with van der Waals surface area (Å²) in [5, 5.41) is 8.94. The number of halogens is 3. The molecule has 4 rings (SSSR count). The number of benzene rings is 2. The lowest BCUT2D eigenvalue weighted by molar-refractivity contribution is -0.137. The molecule has 0 radical (unpaired) electrons. The maximum absolute atomic E-state index is 13.1. The van der Waals surface area contributed by atoms with E-state index in [0.717, 1.165) is 29.5 Å². The van der Waals surface area contributed by atoms with E-state index in [1.165, 1.54) is 11.0 Å². The number of rotatable bonds is 5. The van der Waals surface area contributed by atoms with E-state index < -0.39 is 28.8 Å². The number of hydrogen-bond acceptors (Lipinski definition) is 6. The van der Waals surface area contributed by atoms with Crippen LogP contribution < -0.4 is 15.0 Å². The third-order valence-electron chi connectivity index (χ3n) is 4.91. The maximum atomic E-state index is 13.1. The van der Waals surface area contributed by atoms with Gasteiger partial charge in [0.15, 0.2) is 5.82 Å². The highest BCUT2D eigenvalue weighted by atomic mass is 32.2. The van der Waals surface area contributed by atoms with Crippen LogP contribution in [0.3, 0.4) is 0 Å². The molecule has 8 nitrogen and oxygen atoms in total. The van der Waals surface area contributed by atoms with Crippen LogP contribution in [0.5, 0.6) is 5.75 Å². The number of thioether (sulfide) groups is 1. The van der Waals surface area contributed by atoms with Gasteiger partial charge in [-0.05, 0) is 49.4 Å². The van der Waals surface area contributed by atoms with Gasteiger partial charge in [-0.25, -0.2) is 4.98 Å². The van der Waals surface area contributed by atoms with Gasteiger partial charge in [-0.3, -0.25) is 19.6 Å². The van der Waals surface area contributed by atoms with Gasteiger partial charge >= 0.3 is 6.18 Å². The summed E-state index contributed by atoms with van der Waals surface area (Å²) >= 11 is 1.07. The Balaban J connectivity index is 1.51. The number of amides is 2. The summed E-state index contributed by atoms with van der Waals surface area (Å²) in [6, 6.07) is 10.1. The first-order valence-corrected chi connectivity index (χ1v) is 10.6. The zero-order valence-corrected chi connectivity index (χ0v) is 18.3. The Labute approximate surface area is 190 Å². The molecule has 33 heavy (non-hydrogen) atoms. The molecule has 0 spiro atoms. The van der Waals surface area contributed by atoms with E-state index in [4.69, 9.17) is 4.74 Å². The smallest absolute Gasteiger partial charge is 0.416 e. The Morgan fingerprint density at radius 1 is 1.21 bits per heavy atom. The average molecular weight is 477 g/mol. The fraction of sp³-hybridized carbons (Fsp3) is 0.238. The molecule has 2 aromatic carbocycles. The van der Waals surface area contributed by atoms with E-state index in [9.17, 15) is 22.8 Å². The second-order valence-corrected chi connectivity index (χ2v) is 8.47. The van der Waals surface area contributed by atoms with Gasteiger partial charge in [0.25, 0.3) is 0 Å². The number of carbonyl (C=O) groups excluding carboxylic acids is 2. The van der Waals surface area contributed by atoms with Crippen LogP contribution in [-0.2, 0) is 15.8 Å². The van der Waals surface area contributed by atoms with Crippen molar-refractivity contribution in [2.75, 3.05) is 23.9 Å². The van der Waals surface area contributed by atoms with Gasteiger partial charge in [-0.15, -0.1) is 5.10 Å². The molecule has 0 bridgehead atoms. The van der Waals surface area contributed by atoms with Crippen LogP contribution in [0.2, 0.25) is 0 Å². The van der Waals surface area contributed by atoms with Gasteiger partial charge in [-0.1, -0.05) is 11.8 Å². The number of fused-ring (bicyclic) bond motifs is 1. The van der Waals surface area contributed by atoms with Crippen LogP contribution in [0.4, 0.5) is 24.5 Å². The molecule has 12 heteroatoms. The highest BCUT2D eigenvalue weighted by Gasteiger charge is 2.35. The summed E-state index contributed by atoms with van der Waals surface area (Å²) in [7, 11) is 1.57. The lowest BCUT2D eigenvalue weighted by Gasteiger charge is -2.31. The number of aromatic nitrogens is 3. The summed E-state index contributed by atoms with van der Waals surface area (Å²) in [6.45, 7) is 1.32. The van der Waals surface area contributed by atoms with Crippen LogP contribution in [0, 0.1) is 0 Å². The van der Waals surface area contributed by atoms with Crippen molar-refractivity contribution in [3.8, 4) is 17.1 Å². The molecule has 0 saturated heterocycles. The van der Waals surface area contributed by atoms with E-state index in [1.54, 1.807) is 38.3 Å². The van der Waals surface area contributed by atoms with Crippen LogP contribution >= 0.6 is 11.8 Å². The summed E-state index contributed by atoms with van der Waals surface area (Å²) in [5.74, 6) is 0.168. The first-order chi connectivity index (χ1) is 15.7. The van der Waals surface area contributed by atoms with Crippen molar-refractivity contribution in [1.82, 2.24) is 15.2 Å². The fourth-order valence-corrected chi connectivity index (χ4v) is 4.05. The minimum atomic E-state index is -4.57.